The summed E-state index contributed by atoms with van der Waals surface area (Å²) in [5.41, 5.74) is 23.5. The molecule has 0 radical (unpaired) electrons. The summed E-state index contributed by atoms with van der Waals surface area (Å²) >= 11 is 0. The molecule has 1 N–H and O–H groups in total. The van der Waals surface area contributed by atoms with Crippen molar-refractivity contribution in [2.75, 3.05) is 5.32 Å². The number of nitriles is 1. The molecule has 0 saturated heterocycles. The van der Waals surface area contributed by atoms with Crippen molar-refractivity contribution in [3.63, 3.8) is 0 Å². The smallest absolute Gasteiger partial charge is 0.104 e. The molecule has 15 rings (SSSR count). The fourth-order valence-electron chi connectivity index (χ4n) is 12.3. The third-order valence-corrected chi connectivity index (χ3v) is 16.3. The maximum absolute atomic E-state index is 12.0. The van der Waals surface area contributed by atoms with Crippen molar-refractivity contribution in [3.05, 3.63) is 315 Å². The summed E-state index contributed by atoms with van der Waals surface area (Å²) in [5.74, 6) is 0. The van der Waals surface area contributed by atoms with Crippen LogP contribution >= 0.6 is 0 Å². The first-order valence-electron chi connectivity index (χ1n) is 28.2. The fourth-order valence-corrected chi connectivity index (χ4v) is 12.3. The van der Waals surface area contributed by atoms with Gasteiger partial charge in [-0.05, 0) is 151 Å². The predicted octanol–water partition coefficient (Wildman–Crippen LogP) is 21.2. The molecule has 0 bridgehead atoms. The second-order valence-electron chi connectivity index (χ2n) is 21.3. The Hall–Kier alpha value is -11.3. The summed E-state index contributed by atoms with van der Waals surface area (Å²) in [4.78, 5) is 0. The zero-order valence-electron chi connectivity index (χ0n) is 45.3. The van der Waals surface area contributed by atoms with Crippen LogP contribution in [0.5, 0.6) is 0 Å². The molecule has 0 aliphatic heterocycles. The molecule has 4 nitrogen and oxygen atoms in total. The molecule has 0 aliphatic carbocycles. The topological polar surface area (TPSA) is 45.7 Å². The molecule has 0 spiro atoms. The Labute approximate surface area is 482 Å². The number of fused-ring (bicyclic) bond motifs is 6. The molecular formula is C79H52N4. The highest BCUT2D eigenvalue weighted by atomic mass is 15.0. The third-order valence-electron chi connectivity index (χ3n) is 16.3. The van der Waals surface area contributed by atoms with Crippen LogP contribution in [-0.2, 0) is 0 Å². The summed E-state index contributed by atoms with van der Waals surface area (Å²) in [6.07, 6.45) is 0. The van der Waals surface area contributed by atoms with E-state index >= 15 is 0 Å². The lowest BCUT2D eigenvalue weighted by Gasteiger charge is -2.21. The van der Waals surface area contributed by atoms with Gasteiger partial charge < -0.3 is 14.5 Å². The number of hydrogen-bond donors (Lipinski definition) is 1. The number of benzene rings is 13. The molecule has 388 valence electrons. The van der Waals surface area contributed by atoms with Gasteiger partial charge in [0.25, 0.3) is 0 Å². The average molecular weight is 1060 g/mol. The van der Waals surface area contributed by atoms with E-state index in [9.17, 15) is 5.26 Å². The molecule has 13 aromatic carbocycles. The SMILES string of the molecule is N#Cc1c(Nc2ccc(-c3ccccc3)cc2-c2cccc(-c3ccccc3)c2)cc(-n2c3ccc(-c4ccccc4)cc3c3cc(-c4ccccc4)ccc32)cc1-n1c2ccc(-c3ccccc3)cc2c2cc(-c3ccccc3)ccc21. The van der Waals surface area contributed by atoms with E-state index in [0.717, 1.165) is 139 Å². The van der Waals surface area contributed by atoms with Crippen LogP contribution < -0.4 is 5.32 Å². The molecule has 15 aromatic rings. The Kier molecular flexibility index (Phi) is 12.2. The molecule has 0 fully saturated rings. The standard InChI is InChI=1S/C79H52N4/c80-52-72-74(81-73-39-34-60(54-22-9-2-10-23-54)45-67(73)65-33-19-32-59(44-65)53-20-7-1-8-21-53)50-66(82-75-40-35-61(55-24-11-3-12-25-55)46-68(75)69-47-62(36-41-76(69)82)56-26-13-4-14-27-56)51-79(72)83-77-42-37-63(57-28-15-5-16-29-57)48-70(77)71-49-64(38-43-78(71)83)58-30-17-6-18-31-58/h1-51,81H. The van der Waals surface area contributed by atoms with Crippen LogP contribution in [0, 0.1) is 11.3 Å². The lowest BCUT2D eigenvalue weighted by atomic mass is 9.94. The van der Waals surface area contributed by atoms with Gasteiger partial charge in [0.05, 0.1) is 44.7 Å². The predicted molar refractivity (Wildman–Crippen MR) is 348 cm³/mol. The van der Waals surface area contributed by atoms with Crippen LogP contribution in [0.25, 0.3) is 133 Å². The van der Waals surface area contributed by atoms with Gasteiger partial charge in [0.1, 0.15) is 6.07 Å². The number of nitrogens with one attached hydrogen (secondary N) is 1. The molecule has 2 aromatic heterocycles. The van der Waals surface area contributed by atoms with E-state index in [1.54, 1.807) is 0 Å². The van der Waals surface area contributed by atoms with Gasteiger partial charge in [0.15, 0.2) is 0 Å². The first-order chi connectivity index (χ1) is 41.1. The van der Waals surface area contributed by atoms with Gasteiger partial charge in [-0.1, -0.05) is 231 Å². The molecule has 83 heavy (non-hydrogen) atoms. The van der Waals surface area contributed by atoms with Crippen molar-refractivity contribution >= 4 is 55.0 Å². The lowest BCUT2D eigenvalue weighted by Crippen LogP contribution is -2.06. The lowest BCUT2D eigenvalue weighted by molar-refractivity contribution is 1.13. The van der Waals surface area contributed by atoms with E-state index in [4.69, 9.17) is 0 Å². The van der Waals surface area contributed by atoms with Crippen molar-refractivity contribution in [2.24, 2.45) is 0 Å². The Bertz CT molecular complexity index is 4770. The molecule has 0 saturated carbocycles. The minimum atomic E-state index is 0.515. The van der Waals surface area contributed by atoms with Gasteiger partial charge in [-0.3, -0.25) is 0 Å². The third kappa shape index (κ3) is 8.91. The van der Waals surface area contributed by atoms with Crippen LogP contribution in [0.1, 0.15) is 5.56 Å². The van der Waals surface area contributed by atoms with Gasteiger partial charge in [-0.2, -0.15) is 5.26 Å². The Morgan fingerprint density at radius 1 is 0.253 bits per heavy atom. The molecule has 0 aliphatic rings. The summed E-state index contributed by atoms with van der Waals surface area (Å²) in [5, 5.41) is 20.4. The normalized spacial score (nSPS) is 11.4. The van der Waals surface area contributed by atoms with Crippen LogP contribution in [-0.4, -0.2) is 9.13 Å². The minimum absolute atomic E-state index is 0.515. The second kappa shape index (κ2) is 20.8. The van der Waals surface area contributed by atoms with Crippen LogP contribution in [0.4, 0.5) is 11.4 Å². The summed E-state index contributed by atoms with van der Waals surface area (Å²) in [6, 6.07) is 113. The van der Waals surface area contributed by atoms with E-state index in [0.29, 0.717) is 11.3 Å². The molecule has 4 heteroatoms. The monoisotopic (exact) mass is 1060 g/mol. The zero-order valence-corrected chi connectivity index (χ0v) is 45.3. The number of hydrogen-bond acceptors (Lipinski definition) is 2. The maximum atomic E-state index is 12.0. The summed E-state index contributed by atoms with van der Waals surface area (Å²) in [6.45, 7) is 0. The molecular weight excluding hydrogens is 1000 g/mol. The quantitative estimate of drug-likeness (QED) is 0.140. The Balaban J connectivity index is 1.02. The highest BCUT2D eigenvalue weighted by Gasteiger charge is 2.24. The first kappa shape index (κ1) is 48.8. The fraction of sp³-hybridized carbons (Fsp3) is 0. The summed E-state index contributed by atoms with van der Waals surface area (Å²) in [7, 11) is 0. The van der Waals surface area contributed by atoms with E-state index < -0.39 is 0 Å². The van der Waals surface area contributed by atoms with Crippen molar-refractivity contribution in [1.29, 1.82) is 5.26 Å². The van der Waals surface area contributed by atoms with Crippen molar-refractivity contribution < 1.29 is 0 Å². The van der Waals surface area contributed by atoms with Crippen LogP contribution in [0.3, 0.4) is 0 Å². The molecule has 0 amide bonds. The maximum Gasteiger partial charge on any atom is 0.104 e. The van der Waals surface area contributed by atoms with Gasteiger partial charge in [-0.15, -0.1) is 0 Å². The highest BCUT2D eigenvalue weighted by Crippen LogP contribution is 2.45. The van der Waals surface area contributed by atoms with Gasteiger partial charge in [0, 0.05) is 32.8 Å². The molecule has 0 unspecified atom stereocenters. The van der Waals surface area contributed by atoms with Crippen LogP contribution in [0.15, 0.2) is 309 Å². The van der Waals surface area contributed by atoms with E-state index in [2.05, 4.69) is 330 Å². The average Bonchev–Trinajstić information content (AvgIpc) is 2.91. The second-order valence-corrected chi connectivity index (χ2v) is 21.3. The van der Waals surface area contributed by atoms with Gasteiger partial charge >= 0.3 is 0 Å². The first-order valence-corrected chi connectivity index (χ1v) is 28.2. The summed E-state index contributed by atoms with van der Waals surface area (Å²) < 4.78 is 4.71. The highest BCUT2D eigenvalue weighted by molar-refractivity contribution is 6.14. The van der Waals surface area contributed by atoms with E-state index in [1.165, 1.54) is 0 Å². The minimum Gasteiger partial charge on any atom is -0.354 e. The van der Waals surface area contributed by atoms with Crippen LogP contribution in [0.2, 0.25) is 0 Å². The molecule has 2 heterocycles. The Morgan fingerprint density at radius 3 is 0.964 bits per heavy atom. The molecule has 0 atom stereocenters. The van der Waals surface area contributed by atoms with Crippen molar-refractivity contribution in [2.45, 2.75) is 0 Å². The van der Waals surface area contributed by atoms with E-state index in [-0.39, 0.29) is 0 Å². The number of aromatic nitrogens is 2. The van der Waals surface area contributed by atoms with Gasteiger partial charge in [0.2, 0.25) is 0 Å². The largest absolute Gasteiger partial charge is 0.354 e. The van der Waals surface area contributed by atoms with Crippen molar-refractivity contribution in [3.8, 4) is 95.3 Å². The number of rotatable bonds is 11. The Morgan fingerprint density at radius 2 is 0.578 bits per heavy atom. The van der Waals surface area contributed by atoms with E-state index in [1.807, 2.05) is 0 Å². The van der Waals surface area contributed by atoms with Gasteiger partial charge in [-0.25, -0.2) is 0 Å². The zero-order chi connectivity index (χ0) is 55.2. The number of anilines is 2. The number of nitrogens with zero attached hydrogens (tertiary/aromatic N) is 3. The van der Waals surface area contributed by atoms with Crippen molar-refractivity contribution in [1.82, 2.24) is 9.13 Å².